The fourth-order valence-corrected chi connectivity index (χ4v) is 1.59. The van der Waals surface area contributed by atoms with Crippen LogP contribution in [0.4, 0.5) is 15.9 Å². The number of pyridine rings is 1. The van der Waals surface area contributed by atoms with Gasteiger partial charge in [-0.3, -0.25) is 4.79 Å². The average Bonchev–Trinajstić information content (AvgIpc) is 2.35. The first-order valence-electron chi connectivity index (χ1n) is 5.05. The summed E-state index contributed by atoms with van der Waals surface area (Å²) in [5, 5.41) is 2.52. The zero-order valence-electron chi connectivity index (χ0n) is 9.15. The predicted molar refractivity (Wildman–Crippen MR) is 70.7 cm³/mol. The molecule has 0 saturated heterocycles. The molecular formula is C12H9BrFN3O. The number of halogens is 2. The van der Waals surface area contributed by atoms with E-state index >= 15 is 0 Å². The lowest BCUT2D eigenvalue weighted by Gasteiger charge is -2.07. The van der Waals surface area contributed by atoms with E-state index in [1.165, 1.54) is 18.3 Å². The van der Waals surface area contributed by atoms with E-state index in [2.05, 4.69) is 26.2 Å². The summed E-state index contributed by atoms with van der Waals surface area (Å²) in [6.07, 6.45) is 1.51. The summed E-state index contributed by atoms with van der Waals surface area (Å²) >= 11 is 3.02. The van der Waals surface area contributed by atoms with Gasteiger partial charge in [0.2, 0.25) is 0 Å². The van der Waals surface area contributed by atoms with E-state index in [4.69, 9.17) is 5.73 Å². The lowest BCUT2D eigenvalue weighted by molar-refractivity contribution is 0.102. The summed E-state index contributed by atoms with van der Waals surface area (Å²) < 4.78 is 13.6. The van der Waals surface area contributed by atoms with Crippen LogP contribution in [-0.4, -0.2) is 10.9 Å². The van der Waals surface area contributed by atoms with Gasteiger partial charge in [-0.25, -0.2) is 9.37 Å². The van der Waals surface area contributed by atoms with Crippen LogP contribution >= 0.6 is 15.9 Å². The number of nitrogen functional groups attached to an aromatic ring is 1. The topological polar surface area (TPSA) is 68.0 Å². The molecule has 0 aliphatic heterocycles. The molecule has 3 N–H and O–H groups in total. The molecule has 0 bridgehead atoms. The van der Waals surface area contributed by atoms with E-state index in [1.807, 2.05) is 0 Å². The van der Waals surface area contributed by atoms with Gasteiger partial charge in [0.1, 0.15) is 5.82 Å². The van der Waals surface area contributed by atoms with Crippen LogP contribution in [0.5, 0.6) is 0 Å². The molecule has 0 aliphatic rings. The van der Waals surface area contributed by atoms with Crippen molar-refractivity contribution >= 4 is 33.3 Å². The van der Waals surface area contributed by atoms with Gasteiger partial charge < -0.3 is 11.1 Å². The Labute approximate surface area is 111 Å². The van der Waals surface area contributed by atoms with Crippen LogP contribution < -0.4 is 11.1 Å². The molecule has 0 spiro atoms. The molecule has 6 heteroatoms. The van der Waals surface area contributed by atoms with Crippen LogP contribution in [0.15, 0.2) is 41.0 Å². The van der Waals surface area contributed by atoms with Crippen molar-refractivity contribution in [1.82, 2.24) is 4.98 Å². The number of anilines is 2. The number of aromatic nitrogens is 1. The molecular weight excluding hydrogens is 301 g/mol. The van der Waals surface area contributed by atoms with Crippen LogP contribution in [0.25, 0.3) is 0 Å². The quantitative estimate of drug-likeness (QED) is 0.896. The minimum atomic E-state index is -0.503. The Balaban J connectivity index is 2.22. The second-order valence-electron chi connectivity index (χ2n) is 3.52. The van der Waals surface area contributed by atoms with Gasteiger partial charge in [0, 0.05) is 11.8 Å². The van der Waals surface area contributed by atoms with Crippen LogP contribution in [0.2, 0.25) is 0 Å². The second kappa shape index (κ2) is 5.14. The molecule has 0 unspecified atom stereocenters. The van der Waals surface area contributed by atoms with Gasteiger partial charge in [-0.2, -0.15) is 0 Å². The zero-order valence-corrected chi connectivity index (χ0v) is 10.7. The highest BCUT2D eigenvalue weighted by atomic mass is 79.9. The molecule has 2 rings (SSSR count). The molecule has 1 aromatic carbocycles. The van der Waals surface area contributed by atoms with Crippen molar-refractivity contribution in [3.63, 3.8) is 0 Å². The number of hydrogen-bond donors (Lipinski definition) is 2. The fraction of sp³-hybridized carbons (Fsp3) is 0. The summed E-state index contributed by atoms with van der Waals surface area (Å²) in [6, 6.07) is 7.38. The number of amides is 1. The van der Waals surface area contributed by atoms with Gasteiger partial charge in [0.25, 0.3) is 5.91 Å². The molecule has 1 heterocycles. The Kier molecular flexibility index (Phi) is 3.57. The minimum Gasteiger partial charge on any atom is -0.396 e. The lowest BCUT2D eigenvalue weighted by Crippen LogP contribution is -2.14. The zero-order chi connectivity index (χ0) is 13.1. The van der Waals surface area contributed by atoms with Gasteiger partial charge >= 0.3 is 0 Å². The lowest BCUT2D eigenvalue weighted by atomic mass is 10.2. The molecule has 92 valence electrons. The van der Waals surface area contributed by atoms with Crippen molar-refractivity contribution in [2.24, 2.45) is 0 Å². The molecule has 1 amide bonds. The largest absolute Gasteiger partial charge is 0.396 e. The third-order valence-electron chi connectivity index (χ3n) is 2.25. The highest BCUT2D eigenvalue weighted by Gasteiger charge is 2.10. The van der Waals surface area contributed by atoms with Crippen molar-refractivity contribution in [3.05, 3.63) is 52.4 Å². The van der Waals surface area contributed by atoms with Gasteiger partial charge in [0.15, 0.2) is 5.82 Å². The van der Waals surface area contributed by atoms with Crippen molar-refractivity contribution < 1.29 is 9.18 Å². The first kappa shape index (κ1) is 12.5. The number of rotatable bonds is 2. The van der Waals surface area contributed by atoms with Crippen molar-refractivity contribution in [2.45, 2.75) is 0 Å². The van der Waals surface area contributed by atoms with Crippen LogP contribution in [0, 0.1) is 5.82 Å². The summed E-state index contributed by atoms with van der Waals surface area (Å²) in [5.74, 6) is -0.714. The summed E-state index contributed by atoms with van der Waals surface area (Å²) in [4.78, 5) is 15.8. The molecule has 0 saturated carbocycles. The molecule has 2 aromatic rings. The number of benzene rings is 1. The summed E-state index contributed by atoms with van der Waals surface area (Å²) in [6.45, 7) is 0. The molecule has 0 atom stereocenters. The Hall–Kier alpha value is -1.95. The van der Waals surface area contributed by atoms with Crippen LogP contribution in [-0.2, 0) is 0 Å². The fourth-order valence-electron chi connectivity index (χ4n) is 1.34. The SMILES string of the molecule is Nc1cccnc1NC(=O)c1ccc(Br)c(F)c1. The highest BCUT2D eigenvalue weighted by molar-refractivity contribution is 9.10. The van der Waals surface area contributed by atoms with E-state index < -0.39 is 11.7 Å². The van der Waals surface area contributed by atoms with E-state index in [9.17, 15) is 9.18 Å². The number of hydrogen-bond acceptors (Lipinski definition) is 3. The number of nitrogens with one attached hydrogen (secondary N) is 1. The number of carbonyl (C=O) groups excluding carboxylic acids is 1. The van der Waals surface area contributed by atoms with Gasteiger partial charge in [-0.15, -0.1) is 0 Å². The van der Waals surface area contributed by atoms with Crippen molar-refractivity contribution in [1.29, 1.82) is 0 Å². The van der Waals surface area contributed by atoms with Gasteiger partial charge in [-0.05, 0) is 46.3 Å². The van der Waals surface area contributed by atoms with E-state index in [0.717, 1.165) is 6.07 Å². The number of carbonyl (C=O) groups is 1. The molecule has 1 aromatic heterocycles. The van der Waals surface area contributed by atoms with Crippen molar-refractivity contribution in [2.75, 3.05) is 11.1 Å². The standard InChI is InChI=1S/C12H9BrFN3O/c13-8-4-3-7(6-9(8)14)12(18)17-11-10(15)2-1-5-16-11/h1-6H,15H2,(H,16,17,18). The minimum absolute atomic E-state index is 0.195. The summed E-state index contributed by atoms with van der Waals surface area (Å²) in [5.41, 5.74) is 6.19. The smallest absolute Gasteiger partial charge is 0.256 e. The predicted octanol–water partition coefficient (Wildman–Crippen LogP) is 2.82. The van der Waals surface area contributed by atoms with Gasteiger partial charge in [-0.1, -0.05) is 0 Å². The highest BCUT2D eigenvalue weighted by Crippen LogP contribution is 2.18. The monoisotopic (exact) mass is 309 g/mol. The van der Waals surface area contributed by atoms with Crippen LogP contribution in [0.1, 0.15) is 10.4 Å². The third-order valence-corrected chi connectivity index (χ3v) is 2.90. The van der Waals surface area contributed by atoms with Crippen molar-refractivity contribution in [3.8, 4) is 0 Å². The van der Waals surface area contributed by atoms with Gasteiger partial charge in [0.05, 0.1) is 10.2 Å². The first-order valence-corrected chi connectivity index (χ1v) is 5.84. The molecule has 4 nitrogen and oxygen atoms in total. The molecule has 0 radical (unpaired) electrons. The van der Waals surface area contributed by atoms with E-state index in [-0.39, 0.29) is 11.4 Å². The Morgan fingerprint density at radius 1 is 1.39 bits per heavy atom. The van der Waals surface area contributed by atoms with E-state index in [1.54, 1.807) is 12.1 Å². The summed E-state index contributed by atoms with van der Waals surface area (Å²) in [7, 11) is 0. The Morgan fingerprint density at radius 3 is 2.83 bits per heavy atom. The van der Waals surface area contributed by atoms with E-state index in [0.29, 0.717) is 10.2 Å². The molecule has 18 heavy (non-hydrogen) atoms. The third kappa shape index (κ3) is 2.65. The average molecular weight is 310 g/mol. The first-order chi connectivity index (χ1) is 8.58. The Bertz CT molecular complexity index is 604. The maximum atomic E-state index is 13.3. The maximum Gasteiger partial charge on any atom is 0.256 e. The normalized spacial score (nSPS) is 10.1. The van der Waals surface area contributed by atoms with Crippen LogP contribution in [0.3, 0.4) is 0 Å². The Morgan fingerprint density at radius 2 is 2.17 bits per heavy atom. The molecule has 0 fully saturated rings. The number of nitrogens with two attached hydrogens (primary N) is 1. The second-order valence-corrected chi connectivity index (χ2v) is 4.38. The maximum absolute atomic E-state index is 13.3. The molecule has 0 aliphatic carbocycles. The number of nitrogens with zero attached hydrogens (tertiary/aromatic N) is 1.